The fourth-order valence-corrected chi connectivity index (χ4v) is 2.06. The molecule has 1 aliphatic rings. The predicted octanol–water partition coefficient (Wildman–Crippen LogP) is 2.13. The molecule has 3 nitrogen and oxygen atoms in total. The Morgan fingerprint density at radius 3 is 2.88 bits per heavy atom. The lowest BCUT2D eigenvalue weighted by Gasteiger charge is -2.33. The normalized spacial score (nSPS) is 16.2. The molecule has 0 spiro atoms. The van der Waals surface area contributed by atoms with Crippen LogP contribution in [0.3, 0.4) is 0 Å². The second kappa shape index (κ2) is 3.89. The molecule has 0 fully saturated rings. The Hall–Kier alpha value is -1.38. The van der Waals surface area contributed by atoms with Crippen LogP contribution >= 0.6 is 0 Å². The highest BCUT2D eigenvalue weighted by atomic mass is 16.2. The summed E-state index contributed by atoms with van der Waals surface area (Å²) in [5, 5.41) is 0. The number of amides is 1. The van der Waals surface area contributed by atoms with Crippen LogP contribution in [0.5, 0.6) is 0 Å². The fraction of sp³-hybridized carbons (Fsp3) is 0.538. The Kier molecular flexibility index (Phi) is 2.70. The maximum Gasteiger partial charge on any atom is 0.272 e. The minimum absolute atomic E-state index is 0.0803. The second-order valence-electron chi connectivity index (χ2n) is 5.55. The maximum atomic E-state index is 12.2. The zero-order valence-corrected chi connectivity index (χ0v) is 10.2. The molecule has 3 heteroatoms. The van der Waals surface area contributed by atoms with Gasteiger partial charge in [-0.05, 0) is 23.5 Å². The van der Waals surface area contributed by atoms with Gasteiger partial charge >= 0.3 is 0 Å². The number of carbonyl (C=O) groups excluding carboxylic acids is 1. The highest BCUT2D eigenvalue weighted by Crippen LogP contribution is 2.21. The van der Waals surface area contributed by atoms with E-state index in [-0.39, 0.29) is 11.3 Å². The number of hydrogen-bond acceptors (Lipinski definition) is 2. The van der Waals surface area contributed by atoms with Crippen molar-refractivity contribution in [2.24, 2.45) is 5.41 Å². The second-order valence-corrected chi connectivity index (χ2v) is 5.55. The van der Waals surface area contributed by atoms with Gasteiger partial charge in [0.05, 0.1) is 0 Å². The molecular formula is C13H18N2O. The lowest BCUT2D eigenvalue weighted by atomic mass is 9.94. The number of fused-ring (bicyclic) bond motifs is 1. The van der Waals surface area contributed by atoms with Crippen molar-refractivity contribution in [1.82, 2.24) is 9.88 Å². The van der Waals surface area contributed by atoms with Gasteiger partial charge in [0, 0.05) is 19.3 Å². The number of carbonyl (C=O) groups is 1. The van der Waals surface area contributed by atoms with Gasteiger partial charge in [-0.2, -0.15) is 0 Å². The van der Waals surface area contributed by atoms with E-state index in [2.05, 4.69) is 25.8 Å². The third-order valence-electron chi connectivity index (χ3n) is 2.70. The molecule has 1 aliphatic heterocycles. The molecule has 0 bridgehead atoms. The Bertz CT molecular complexity index is 407. The average Bonchev–Trinajstić information content (AvgIpc) is 2.21. The molecule has 2 heterocycles. The summed E-state index contributed by atoms with van der Waals surface area (Å²) in [4.78, 5) is 18.3. The fourth-order valence-electron chi connectivity index (χ4n) is 2.06. The molecule has 0 aliphatic carbocycles. The first-order valence-electron chi connectivity index (χ1n) is 5.70. The van der Waals surface area contributed by atoms with Crippen LogP contribution in [0.15, 0.2) is 18.3 Å². The van der Waals surface area contributed by atoms with Crippen LogP contribution in [0.1, 0.15) is 36.8 Å². The molecular weight excluding hydrogens is 200 g/mol. The van der Waals surface area contributed by atoms with Crippen LogP contribution in [0.25, 0.3) is 0 Å². The van der Waals surface area contributed by atoms with Gasteiger partial charge in [-0.3, -0.25) is 9.78 Å². The topological polar surface area (TPSA) is 33.2 Å². The summed E-state index contributed by atoms with van der Waals surface area (Å²) in [6.07, 6.45) is 2.61. The smallest absolute Gasteiger partial charge is 0.272 e. The van der Waals surface area contributed by atoms with Crippen molar-refractivity contribution in [3.63, 3.8) is 0 Å². The van der Waals surface area contributed by atoms with E-state index in [1.165, 1.54) is 0 Å². The number of hydrogen-bond donors (Lipinski definition) is 0. The molecule has 0 saturated heterocycles. The zero-order valence-electron chi connectivity index (χ0n) is 10.2. The largest absolute Gasteiger partial charge is 0.336 e. The quantitative estimate of drug-likeness (QED) is 0.723. The Labute approximate surface area is 96.5 Å². The van der Waals surface area contributed by atoms with Gasteiger partial charge < -0.3 is 4.90 Å². The van der Waals surface area contributed by atoms with Gasteiger partial charge in [0.15, 0.2) is 0 Å². The van der Waals surface area contributed by atoms with Crippen molar-refractivity contribution in [1.29, 1.82) is 0 Å². The van der Waals surface area contributed by atoms with Crippen molar-refractivity contribution < 1.29 is 4.79 Å². The van der Waals surface area contributed by atoms with E-state index in [1.807, 2.05) is 17.0 Å². The summed E-state index contributed by atoms with van der Waals surface area (Å²) >= 11 is 0. The maximum absolute atomic E-state index is 12.2. The molecule has 86 valence electrons. The first-order valence-corrected chi connectivity index (χ1v) is 5.70. The standard InChI is InChI=1S/C13H18N2O/c1-13(2,3)9-15-8-6-10-5-4-7-14-11(10)12(15)16/h4-5,7H,6,8-9H2,1-3H3. The lowest BCUT2D eigenvalue weighted by molar-refractivity contribution is 0.0671. The average molecular weight is 218 g/mol. The summed E-state index contributed by atoms with van der Waals surface area (Å²) in [5.41, 5.74) is 1.86. The number of nitrogens with zero attached hydrogens (tertiary/aromatic N) is 2. The minimum atomic E-state index is 0.0803. The van der Waals surface area contributed by atoms with Crippen LogP contribution in [-0.4, -0.2) is 28.9 Å². The van der Waals surface area contributed by atoms with Gasteiger partial charge in [-0.25, -0.2) is 0 Å². The predicted molar refractivity (Wildman–Crippen MR) is 63.3 cm³/mol. The van der Waals surface area contributed by atoms with Crippen LogP contribution < -0.4 is 0 Å². The summed E-state index contributed by atoms with van der Waals surface area (Å²) in [6.45, 7) is 8.05. The Balaban J connectivity index is 2.22. The molecule has 1 aromatic rings. The molecule has 0 aromatic carbocycles. The van der Waals surface area contributed by atoms with Crippen molar-refractivity contribution in [3.8, 4) is 0 Å². The Morgan fingerprint density at radius 1 is 1.44 bits per heavy atom. The minimum Gasteiger partial charge on any atom is -0.336 e. The zero-order chi connectivity index (χ0) is 11.8. The SMILES string of the molecule is CC(C)(C)CN1CCc2cccnc2C1=O. The number of rotatable bonds is 1. The van der Waals surface area contributed by atoms with E-state index in [4.69, 9.17) is 0 Å². The van der Waals surface area contributed by atoms with Crippen LogP contribution in [0.2, 0.25) is 0 Å². The highest BCUT2D eigenvalue weighted by Gasteiger charge is 2.28. The molecule has 0 radical (unpaired) electrons. The molecule has 16 heavy (non-hydrogen) atoms. The number of aromatic nitrogens is 1. The monoisotopic (exact) mass is 218 g/mol. The molecule has 0 unspecified atom stereocenters. The van der Waals surface area contributed by atoms with Crippen LogP contribution in [-0.2, 0) is 6.42 Å². The van der Waals surface area contributed by atoms with Crippen LogP contribution in [0, 0.1) is 5.41 Å². The van der Waals surface area contributed by atoms with Gasteiger partial charge in [-0.1, -0.05) is 26.8 Å². The van der Waals surface area contributed by atoms with Gasteiger partial charge in [-0.15, -0.1) is 0 Å². The molecule has 2 rings (SSSR count). The molecule has 1 aromatic heterocycles. The molecule has 0 N–H and O–H groups in total. The molecule has 1 amide bonds. The molecule has 0 saturated carbocycles. The third-order valence-corrected chi connectivity index (χ3v) is 2.70. The van der Waals surface area contributed by atoms with Gasteiger partial charge in [0.2, 0.25) is 0 Å². The van der Waals surface area contributed by atoms with E-state index >= 15 is 0 Å². The highest BCUT2D eigenvalue weighted by molar-refractivity contribution is 5.94. The van der Waals surface area contributed by atoms with Crippen molar-refractivity contribution in [3.05, 3.63) is 29.6 Å². The van der Waals surface area contributed by atoms with Crippen molar-refractivity contribution in [2.45, 2.75) is 27.2 Å². The summed E-state index contributed by atoms with van der Waals surface area (Å²) < 4.78 is 0. The van der Waals surface area contributed by atoms with E-state index in [1.54, 1.807) is 6.20 Å². The van der Waals surface area contributed by atoms with Crippen molar-refractivity contribution in [2.75, 3.05) is 13.1 Å². The molecule has 0 atom stereocenters. The summed E-state index contributed by atoms with van der Waals surface area (Å²) in [5.74, 6) is 0.0803. The van der Waals surface area contributed by atoms with E-state index in [0.717, 1.165) is 25.1 Å². The first-order chi connectivity index (χ1) is 7.47. The summed E-state index contributed by atoms with van der Waals surface area (Å²) in [7, 11) is 0. The number of pyridine rings is 1. The van der Waals surface area contributed by atoms with Gasteiger partial charge in [0.25, 0.3) is 5.91 Å². The first kappa shape index (κ1) is 11.1. The summed E-state index contributed by atoms with van der Waals surface area (Å²) in [6, 6.07) is 3.89. The van der Waals surface area contributed by atoms with E-state index < -0.39 is 0 Å². The lowest BCUT2D eigenvalue weighted by Crippen LogP contribution is -2.42. The van der Waals surface area contributed by atoms with E-state index in [0.29, 0.717) is 5.69 Å². The van der Waals surface area contributed by atoms with Crippen LogP contribution in [0.4, 0.5) is 0 Å². The van der Waals surface area contributed by atoms with Crippen molar-refractivity contribution >= 4 is 5.91 Å². The van der Waals surface area contributed by atoms with E-state index in [9.17, 15) is 4.79 Å². The third kappa shape index (κ3) is 2.23. The Morgan fingerprint density at radius 2 is 2.19 bits per heavy atom. The van der Waals surface area contributed by atoms with Gasteiger partial charge in [0.1, 0.15) is 5.69 Å².